The molecule has 0 aromatic carbocycles. The van der Waals surface area contributed by atoms with Gasteiger partial charge in [0.25, 0.3) is 0 Å². The van der Waals surface area contributed by atoms with Crippen LogP contribution in [-0.4, -0.2) is 12.7 Å². The SMILES string of the molecule is N#CC(CN=[N+]=[N-])C(F)(F)F. The Morgan fingerprint density at radius 3 is 2.45 bits per heavy atom. The smallest absolute Gasteiger partial charge is 0.198 e. The maximum atomic E-state index is 11.6. The molecule has 0 bridgehead atoms. The van der Waals surface area contributed by atoms with Crippen molar-refractivity contribution in [3.63, 3.8) is 0 Å². The molecule has 0 saturated heterocycles. The molecule has 0 saturated carbocycles. The summed E-state index contributed by atoms with van der Waals surface area (Å²) in [6.45, 7) is -0.865. The van der Waals surface area contributed by atoms with Crippen molar-refractivity contribution in [2.75, 3.05) is 6.54 Å². The Hall–Kier alpha value is -1.41. The average molecular weight is 164 g/mol. The summed E-state index contributed by atoms with van der Waals surface area (Å²) in [5.74, 6) is -2.20. The first-order chi connectivity index (χ1) is 5.02. The molecule has 0 amide bonds. The van der Waals surface area contributed by atoms with Crippen molar-refractivity contribution in [1.82, 2.24) is 0 Å². The van der Waals surface area contributed by atoms with Crippen LogP contribution in [-0.2, 0) is 0 Å². The monoisotopic (exact) mass is 164 g/mol. The van der Waals surface area contributed by atoms with Gasteiger partial charge in [0.1, 0.15) is 5.92 Å². The van der Waals surface area contributed by atoms with Crippen molar-refractivity contribution in [2.45, 2.75) is 6.18 Å². The second-order valence-corrected chi connectivity index (χ2v) is 1.64. The van der Waals surface area contributed by atoms with Crippen LogP contribution < -0.4 is 0 Å². The zero-order valence-corrected chi connectivity index (χ0v) is 5.21. The normalized spacial score (nSPS) is 12.9. The lowest BCUT2D eigenvalue weighted by Gasteiger charge is -2.08. The van der Waals surface area contributed by atoms with Crippen LogP contribution in [0.2, 0.25) is 0 Å². The van der Waals surface area contributed by atoms with E-state index in [0.717, 1.165) is 6.07 Å². The first kappa shape index (κ1) is 9.59. The van der Waals surface area contributed by atoms with Crippen molar-refractivity contribution in [2.24, 2.45) is 11.0 Å². The zero-order chi connectivity index (χ0) is 8.91. The highest BCUT2D eigenvalue weighted by molar-refractivity contribution is 4.89. The molecule has 0 spiro atoms. The van der Waals surface area contributed by atoms with Gasteiger partial charge in [-0.1, -0.05) is 5.11 Å². The van der Waals surface area contributed by atoms with Crippen LogP contribution in [0, 0.1) is 17.2 Å². The number of nitriles is 1. The maximum absolute atomic E-state index is 11.6. The zero-order valence-electron chi connectivity index (χ0n) is 5.21. The van der Waals surface area contributed by atoms with Crippen LogP contribution in [0.15, 0.2) is 5.11 Å². The van der Waals surface area contributed by atoms with E-state index in [0.29, 0.717) is 0 Å². The Kier molecular flexibility index (Phi) is 3.21. The molecule has 60 valence electrons. The molecule has 1 atom stereocenters. The molecule has 0 radical (unpaired) electrons. The maximum Gasteiger partial charge on any atom is 0.404 e. The quantitative estimate of drug-likeness (QED) is 0.349. The third-order valence-electron chi connectivity index (χ3n) is 0.878. The molecule has 1 unspecified atom stereocenters. The first-order valence-electron chi connectivity index (χ1n) is 2.49. The summed E-state index contributed by atoms with van der Waals surface area (Å²) in [4.78, 5) is 2.11. The molecule has 0 heterocycles. The van der Waals surface area contributed by atoms with E-state index in [4.69, 9.17) is 10.8 Å². The lowest BCUT2D eigenvalue weighted by atomic mass is 10.2. The largest absolute Gasteiger partial charge is 0.404 e. The van der Waals surface area contributed by atoms with Gasteiger partial charge in [0.15, 0.2) is 0 Å². The van der Waals surface area contributed by atoms with Crippen LogP contribution in [0.3, 0.4) is 0 Å². The predicted molar refractivity (Wildman–Crippen MR) is 29.2 cm³/mol. The molecule has 0 aromatic heterocycles. The molecule has 0 fully saturated rings. The van der Waals surface area contributed by atoms with Gasteiger partial charge in [0.2, 0.25) is 0 Å². The number of nitrogens with zero attached hydrogens (tertiary/aromatic N) is 4. The van der Waals surface area contributed by atoms with Gasteiger partial charge in [-0.3, -0.25) is 0 Å². The van der Waals surface area contributed by atoms with Crippen molar-refractivity contribution >= 4 is 0 Å². The Balaban J connectivity index is 4.21. The molecule has 7 heteroatoms. The summed E-state index contributed by atoms with van der Waals surface area (Å²) in [6, 6.07) is 0.987. The van der Waals surface area contributed by atoms with Gasteiger partial charge in [-0.15, -0.1) is 0 Å². The van der Waals surface area contributed by atoms with Gasteiger partial charge in [0, 0.05) is 4.91 Å². The summed E-state index contributed by atoms with van der Waals surface area (Å²) in [5.41, 5.74) is 7.66. The van der Waals surface area contributed by atoms with Crippen molar-refractivity contribution < 1.29 is 13.2 Å². The molecule has 0 N–H and O–H groups in total. The van der Waals surface area contributed by atoms with Crippen LogP contribution in [0.1, 0.15) is 0 Å². The van der Waals surface area contributed by atoms with E-state index in [1.807, 2.05) is 0 Å². The highest BCUT2D eigenvalue weighted by Gasteiger charge is 2.39. The molecule has 0 rings (SSSR count). The van der Waals surface area contributed by atoms with Crippen LogP contribution in [0.4, 0.5) is 13.2 Å². The molecule has 11 heavy (non-hydrogen) atoms. The molecule has 4 nitrogen and oxygen atoms in total. The van der Waals surface area contributed by atoms with Crippen molar-refractivity contribution in [3.8, 4) is 6.07 Å². The lowest BCUT2D eigenvalue weighted by molar-refractivity contribution is -0.156. The summed E-state index contributed by atoms with van der Waals surface area (Å²) < 4.78 is 34.9. The van der Waals surface area contributed by atoms with Gasteiger partial charge >= 0.3 is 6.18 Å². The standard InChI is InChI=1S/C4H3F3N4/c5-4(6,7)3(1-8)2-10-11-9/h3H,2H2. The number of azide groups is 1. The number of hydrogen-bond acceptors (Lipinski definition) is 2. The summed E-state index contributed by atoms with van der Waals surface area (Å²) >= 11 is 0. The molecule has 0 aromatic rings. The van der Waals surface area contributed by atoms with Crippen LogP contribution in [0.5, 0.6) is 0 Å². The van der Waals surface area contributed by atoms with E-state index in [1.165, 1.54) is 0 Å². The minimum Gasteiger partial charge on any atom is -0.198 e. The first-order valence-corrected chi connectivity index (χ1v) is 2.49. The number of hydrogen-bond donors (Lipinski definition) is 0. The minimum atomic E-state index is -4.61. The summed E-state index contributed by atoms with van der Waals surface area (Å²) in [6.07, 6.45) is -4.61. The van der Waals surface area contributed by atoms with E-state index in [2.05, 4.69) is 10.0 Å². The molecular weight excluding hydrogens is 161 g/mol. The van der Waals surface area contributed by atoms with E-state index in [-0.39, 0.29) is 0 Å². The van der Waals surface area contributed by atoms with E-state index < -0.39 is 18.6 Å². The summed E-state index contributed by atoms with van der Waals surface area (Å²) in [5, 5.41) is 10.6. The van der Waals surface area contributed by atoms with Gasteiger partial charge < -0.3 is 0 Å². The van der Waals surface area contributed by atoms with Crippen molar-refractivity contribution in [3.05, 3.63) is 10.4 Å². The Labute approximate surface area is 59.9 Å². The molecule has 0 aliphatic carbocycles. The number of halogens is 3. The minimum absolute atomic E-state index is 0.865. The lowest BCUT2D eigenvalue weighted by Crippen LogP contribution is -2.23. The molecule has 0 aliphatic heterocycles. The number of alkyl halides is 3. The van der Waals surface area contributed by atoms with Gasteiger partial charge in [0.05, 0.1) is 12.6 Å². The highest BCUT2D eigenvalue weighted by atomic mass is 19.4. The van der Waals surface area contributed by atoms with Crippen LogP contribution >= 0.6 is 0 Å². The Bertz CT molecular complexity index is 208. The fourth-order valence-corrected chi connectivity index (χ4v) is 0.336. The number of rotatable bonds is 2. The van der Waals surface area contributed by atoms with Gasteiger partial charge in [-0.05, 0) is 5.53 Å². The second kappa shape index (κ2) is 3.68. The summed E-state index contributed by atoms with van der Waals surface area (Å²) in [7, 11) is 0. The topological polar surface area (TPSA) is 72.5 Å². The highest BCUT2D eigenvalue weighted by Crippen LogP contribution is 2.25. The van der Waals surface area contributed by atoms with E-state index in [1.54, 1.807) is 0 Å². The van der Waals surface area contributed by atoms with Crippen LogP contribution in [0.25, 0.3) is 10.4 Å². The Morgan fingerprint density at radius 2 is 2.18 bits per heavy atom. The fraction of sp³-hybridized carbons (Fsp3) is 0.750. The third-order valence-corrected chi connectivity index (χ3v) is 0.878. The predicted octanol–water partition coefficient (Wildman–Crippen LogP) is 2.00. The third kappa shape index (κ3) is 3.33. The van der Waals surface area contributed by atoms with Crippen molar-refractivity contribution in [1.29, 1.82) is 5.26 Å². The average Bonchev–Trinajstić information content (AvgIpc) is 1.87. The van der Waals surface area contributed by atoms with E-state index in [9.17, 15) is 13.2 Å². The Morgan fingerprint density at radius 1 is 1.64 bits per heavy atom. The van der Waals surface area contributed by atoms with E-state index >= 15 is 0 Å². The fourth-order valence-electron chi connectivity index (χ4n) is 0.336. The van der Waals surface area contributed by atoms with Gasteiger partial charge in [-0.2, -0.15) is 18.4 Å². The second-order valence-electron chi connectivity index (χ2n) is 1.64. The van der Waals surface area contributed by atoms with Gasteiger partial charge in [-0.25, -0.2) is 0 Å². The molecular formula is C4H3F3N4. The molecule has 0 aliphatic rings.